The third-order valence-electron chi connectivity index (χ3n) is 3.41. The van der Waals surface area contributed by atoms with E-state index in [4.69, 9.17) is 0 Å². The van der Waals surface area contributed by atoms with Gasteiger partial charge in [0.05, 0.1) is 6.04 Å². The Hall–Kier alpha value is -0.680. The molecule has 0 amide bonds. The number of benzene rings is 2. The van der Waals surface area contributed by atoms with Gasteiger partial charge in [-0.3, -0.25) is 0 Å². The zero-order chi connectivity index (χ0) is 14.1. The molecule has 0 aliphatic carbocycles. The van der Waals surface area contributed by atoms with Crippen LogP contribution in [-0.4, -0.2) is 7.05 Å². The lowest BCUT2D eigenvalue weighted by Gasteiger charge is -2.19. The lowest BCUT2D eigenvalue weighted by atomic mass is 9.98. The van der Waals surface area contributed by atoms with Gasteiger partial charge >= 0.3 is 0 Å². The highest BCUT2D eigenvalue weighted by atomic mass is 79.9. The van der Waals surface area contributed by atoms with Crippen molar-refractivity contribution in [3.63, 3.8) is 0 Å². The van der Waals surface area contributed by atoms with Crippen LogP contribution in [0.4, 0.5) is 0 Å². The first kappa shape index (κ1) is 14.3. The Bertz CT molecular complexity index is 751. The zero-order valence-corrected chi connectivity index (χ0v) is 14.8. The van der Waals surface area contributed by atoms with Crippen molar-refractivity contribution in [1.82, 2.24) is 5.32 Å². The molecule has 2 aromatic carbocycles. The highest BCUT2D eigenvalue weighted by Gasteiger charge is 2.19. The fraction of sp³-hybridized carbons (Fsp3) is 0.125. The van der Waals surface area contributed by atoms with E-state index < -0.39 is 0 Å². The van der Waals surface area contributed by atoms with Crippen LogP contribution < -0.4 is 5.32 Å². The highest BCUT2D eigenvalue weighted by Crippen LogP contribution is 2.37. The van der Waals surface area contributed by atoms with E-state index in [1.807, 2.05) is 7.05 Å². The molecule has 1 heterocycles. The predicted molar refractivity (Wildman–Crippen MR) is 94.6 cm³/mol. The molecule has 1 atom stereocenters. The van der Waals surface area contributed by atoms with Crippen molar-refractivity contribution >= 4 is 54.0 Å². The van der Waals surface area contributed by atoms with E-state index in [2.05, 4.69) is 85.0 Å². The smallest absolute Gasteiger partial charge is 0.0686 e. The summed E-state index contributed by atoms with van der Waals surface area (Å²) in [7, 11) is 2.01. The third-order valence-corrected chi connectivity index (χ3v) is 6.04. The summed E-state index contributed by atoms with van der Waals surface area (Å²) in [4.78, 5) is 1.31. The van der Waals surface area contributed by atoms with Gasteiger partial charge in [0.2, 0.25) is 0 Å². The Kier molecular flexibility index (Phi) is 4.26. The number of halogens is 2. The lowest BCUT2D eigenvalue weighted by Crippen LogP contribution is -2.17. The fourth-order valence-corrected chi connectivity index (χ4v) is 4.68. The topological polar surface area (TPSA) is 12.0 Å². The van der Waals surface area contributed by atoms with Gasteiger partial charge in [-0.1, -0.05) is 46.3 Å². The van der Waals surface area contributed by atoms with Crippen molar-refractivity contribution in [1.29, 1.82) is 0 Å². The summed E-state index contributed by atoms with van der Waals surface area (Å²) in [6.07, 6.45) is 0. The number of hydrogen-bond acceptors (Lipinski definition) is 2. The SMILES string of the molecule is CNC(c1sccc1Br)c1ccc(Br)c2ccccc12. The predicted octanol–water partition coefficient (Wildman–Crippen LogP) is 5.74. The summed E-state index contributed by atoms with van der Waals surface area (Å²) in [5.74, 6) is 0. The first-order valence-electron chi connectivity index (χ1n) is 6.29. The van der Waals surface area contributed by atoms with E-state index >= 15 is 0 Å². The molecule has 0 saturated heterocycles. The van der Waals surface area contributed by atoms with Gasteiger partial charge in [0.1, 0.15) is 0 Å². The Labute approximate surface area is 139 Å². The lowest BCUT2D eigenvalue weighted by molar-refractivity contribution is 0.706. The number of rotatable bonds is 3. The molecule has 1 unspecified atom stereocenters. The van der Waals surface area contributed by atoms with Crippen molar-refractivity contribution in [2.45, 2.75) is 6.04 Å². The standard InChI is InChI=1S/C16H13Br2NS/c1-19-15(16-14(18)8-9-20-16)12-6-7-13(17)11-5-3-2-4-10(11)12/h2-9,15,19H,1H3. The second-order valence-electron chi connectivity index (χ2n) is 4.54. The number of thiophene rings is 1. The van der Waals surface area contributed by atoms with Crippen LogP contribution in [0.3, 0.4) is 0 Å². The number of nitrogens with one attached hydrogen (secondary N) is 1. The molecule has 3 aromatic rings. The molecule has 20 heavy (non-hydrogen) atoms. The molecule has 102 valence electrons. The van der Waals surface area contributed by atoms with Gasteiger partial charge < -0.3 is 5.32 Å². The second-order valence-corrected chi connectivity index (χ2v) is 7.19. The average molecular weight is 411 g/mol. The average Bonchev–Trinajstić information content (AvgIpc) is 2.89. The molecule has 1 aromatic heterocycles. The minimum atomic E-state index is 0.197. The van der Waals surface area contributed by atoms with E-state index in [9.17, 15) is 0 Å². The summed E-state index contributed by atoms with van der Waals surface area (Å²) < 4.78 is 2.30. The van der Waals surface area contributed by atoms with Crippen molar-refractivity contribution in [2.75, 3.05) is 7.05 Å². The molecule has 3 rings (SSSR count). The summed E-state index contributed by atoms with van der Waals surface area (Å²) >= 11 is 9.05. The first-order chi connectivity index (χ1) is 9.72. The molecule has 1 nitrogen and oxygen atoms in total. The monoisotopic (exact) mass is 409 g/mol. The molecule has 1 N–H and O–H groups in total. The Morgan fingerprint density at radius 1 is 0.950 bits per heavy atom. The largest absolute Gasteiger partial charge is 0.309 e. The van der Waals surface area contributed by atoms with Crippen molar-refractivity contribution < 1.29 is 0 Å². The molecule has 0 spiro atoms. The summed E-state index contributed by atoms with van der Waals surface area (Å²) in [6, 6.07) is 15.1. The molecule has 0 bridgehead atoms. The minimum absolute atomic E-state index is 0.197. The zero-order valence-electron chi connectivity index (χ0n) is 10.9. The number of fused-ring (bicyclic) bond motifs is 1. The van der Waals surface area contributed by atoms with Crippen LogP contribution >= 0.6 is 43.2 Å². The molecular formula is C16H13Br2NS. The fourth-order valence-electron chi connectivity index (χ4n) is 2.48. The summed E-state index contributed by atoms with van der Waals surface area (Å²) in [5.41, 5.74) is 1.30. The molecule has 0 fully saturated rings. The van der Waals surface area contributed by atoms with Crippen LogP contribution in [0.1, 0.15) is 16.5 Å². The molecule has 4 heteroatoms. The highest BCUT2D eigenvalue weighted by molar-refractivity contribution is 9.11. The van der Waals surface area contributed by atoms with E-state index in [-0.39, 0.29) is 6.04 Å². The third kappa shape index (κ3) is 2.46. The van der Waals surface area contributed by atoms with Gasteiger partial charge in [0.25, 0.3) is 0 Å². The first-order valence-corrected chi connectivity index (χ1v) is 8.76. The van der Waals surface area contributed by atoms with Gasteiger partial charge in [-0.05, 0) is 56.8 Å². The van der Waals surface area contributed by atoms with Gasteiger partial charge in [0, 0.05) is 13.8 Å². The van der Waals surface area contributed by atoms with Crippen LogP contribution in [-0.2, 0) is 0 Å². The Balaban J connectivity index is 2.23. The maximum atomic E-state index is 3.64. The molecule has 0 aliphatic rings. The van der Waals surface area contributed by atoms with Gasteiger partial charge in [-0.15, -0.1) is 11.3 Å². The molecule has 0 radical (unpaired) electrons. The van der Waals surface area contributed by atoms with Crippen LogP contribution in [0, 0.1) is 0 Å². The minimum Gasteiger partial charge on any atom is -0.309 e. The summed E-state index contributed by atoms with van der Waals surface area (Å²) in [5, 5.41) is 8.08. The Morgan fingerprint density at radius 2 is 1.70 bits per heavy atom. The van der Waals surface area contributed by atoms with E-state index in [0.29, 0.717) is 0 Å². The van der Waals surface area contributed by atoms with Crippen molar-refractivity contribution in [3.8, 4) is 0 Å². The van der Waals surface area contributed by atoms with Gasteiger partial charge in [-0.25, -0.2) is 0 Å². The molecule has 0 saturated carbocycles. The van der Waals surface area contributed by atoms with E-state index in [0.717, 1.165) is 8.95 Å². The van der Waals surface area contributed by atoms with Crippen molar-refractivity contribution in [3.05, 3.63) is 67.2 Å². The van der Waals surface area contributed by atoms with E-state index in [1.165, 1.54) is 21.2 Å². The number of hydrogen-bond donors (Lipinski definition) is 1. The normalized spacial score (nSPS) is 12.8. The van der Waals surface area contributed by atoms with Crippen molar-refractivity contribution in [2.24, 2.45) is 0 Å². The maximum Gasteiger partial charge on any atom is 0.0686 e. The second kappa shape index (κ2) is 5.98. The summed E-state index contributed by atoms with van der Waals surface area (Å²) in [6.45, 7) is 0. The molecular weight excluding hydrogens is 398 g/mol. The van der Waals surface area contributed by atoms with Gasteiger partial charge in [-0.2, -0.15) is 0 Å². The van der Waals surface area contributed by atoms with Crippen LogP contribution in [0.2, 0.25) is 0 Å². The van der Waals surface area contributed by atoms with E-state index in [1.54, 1.807) is 11.3 Å². The molecule has 0 aliphatic heterocycles. The van der Waals surface area contributed by atoms with Crippen LogP contribution in [0.15, 0.2) is 56.8 Å². The van der Waals surface area contributed by atoms with Crippen LogP contribution in [0.5, 0.6) is 0 Å². The maximum absolute atomic E-state index is 3.64. The quantitative estimate of drug-likeness (QED) is 0.580. The Morgan fingerprint density at radius 3 is 2.35 bits per heavy atom. The van der Waals surface area contributed by atoms with Gasteiger partial charge in [0.15, 0.2) is 0 Å². The van der Waals surface area contributed by atoms with Crippen LogP contribution in [0.25, 0.3) is 10.8 Å².